The molecule has 138 valence electrons. The lowest BCUT2D eigenvalue weighted by molar-refractivity contribution is 0.193. The van der Waals surface area contributed by atoms with Crippen molar-refractivity contribution < 1.29 is 9.52 Å². The number of fused-ring (bicyclic) bond motifs is 2. The summed E-state index contributed by atoms with van der Waals surface area (Å²) in [5.74, 6) is 0.728. The number of aliphatic hydroxyl groups excluding tert-OH is 1. The number of aromatic nitrogens is 2. The van der Waals surface area contributed by atoms with Gasteiger partial charge < -0.3 is 9.52 Å². The Kier molecular flexibility index (Phi) is 4.32. The molecule has 0 amide bonds. The number of hydrogen-bond donors (Lipinski definition) is 1. The fourth-order valence-electron chi connectivity index (χ4n) is 3.53. The molecule has 5 nitrogen and oxygen atoms in total. The zero-order valence-corrected chi connectivity index (χ0v) is 15.6. The Bertz CT molecular complexity index is 1180. The van der Waals surface area contributed by atoms with Gasteiger partial charge in [-0.1, -0.05) is 56.3 Å². The summed E-state index contributed by atoms with van der Waals surface area (Å²) in [4.78, 5) is 12.5. The molecule has 0 saturated heterocycles. The van der Waals surface area contributed by atoms with Crippen LogP contribution in [0.2, 0.25) is 0 Å². The van der Waals surface area contributed by atoms with Gasteiger partial charge in [0.2, 0.25) is 0 Å². The van der Waals surface area contributed by atoms with Crippen molar-refractivity contribution in [2.24, 2.45) is 13.0 Å². The van der Waals surface area contributed by atoms with E-state index in [0.717, 1.165) is 22.0 Å². The third-order valence-corrected chi connectivity index (χ3v) is 4.80. The second-order valence-electron chi connectivity index (χ2n) is 7.34. The van der Waals surface area contributed by atoms with Crippen LogP contribution in [0.3, 0.4) is 0 Å². The van der Waals surface area contributed by atoms with E-state index in [1.165, 1.54) is 4.68 Å². The number of nitrogens with zero attached hydrogens (tertiary/aromatic N) is 2. The van der Waals surface area contributed by atoms with E-state index in [4.69, 9.17) is 4.42 Å². The molecule has 0 bridgehead atoms. The molecule has 27 heavy (non-hydrogen) atoms. The van der Waals surface area contributed by atoms with Crippen LogP contribution in [0.15, 0.2) is 57.7 Å². The Morgan fingerprint density at radius 2 is 1.85 bits per heavy atom. The van der Waals surface area contributed by atoms with Crippen LogP contribution in [0.25, 0.3) is 21.7 Å². The molecule has 0 saturated carbocycles. The molecule has 1 atom stereocenters. The zero-order valence-electron chi connectivity index (χ0n) is 15.6. The van der Waals surface area contributed by atoms with Crippen LogP contribution in [0.5, 0.6) is 0 Å². The van der Waals surface area contributed by atoms with Crippen LogP contribution in [0.4, 0.5) is 0 Å². The van der Waals surface area contributed by atoms with Gasteiger partial charge in [0.25, 0.3) is 5.56 Å². The molecule has 0 fully saturated rings. The Morgan fingerprint density at radius 3 is 2.63 bits per heavy atom. The van der Waals surface area contributed by atoms with Crippen molar-refractivity contribution in [3.05, 3.63) is 75.9 Å². The highest BCUT2D eigenvalue weighted by atomic mass is 16.4. The molecule has 2 aromatic heterocycles. The van der Waals surface area contributed by atoms with Gasteiger partial charge in [-0.2, -0.15) is 5.10 Å². The normalized spacial score (nSPS) is 12.9. The summed E-state index contributed by atoms with van der Waals surface area (Å²) in [7, 11) is 1.64. The summed E-state index contributed by atoms with van der Waals surface area (Å²) in [5.41, 5.74) is 1.74. The van der Waals surface area contributed by atoms with Crippen molar-refractivity contribution in [2.45, 2.75) is 26.4 Å². The first-order valence-electron chi connectivity index (χ1n) is 9.11. The van der Waals surface area contributed by atoms with Crippen molar-refractivity contribution in [3.63, 3.8) is 0 Å². The maximum atomic E-state index is 12.5. The molecule has 2 heterocycles. The Balaban J connectivity index is 1.89. The van der Waals surface area contributed by atoms with E-state index in [2.05, 4.69) is 18.9 Å². The first kappa shape index (κ1) is 17.5. The molecule has 0 aliphatic carbocycles. The molecule has 0 aliphatic rings. The van der Waals surface area contributed by atoms with E-state index in [1.54, 1.807) is 13.1 Å². The summed E-state index contributed by atoms with van der Waals surface area (Å²) < 4.78 is 7.31. The van der Waals surface area contributed by atoms with Crippen molar-refractivity contribution in [1.29, 1.82) is 0 Å². The maximum Gasteiger partial charge on any atom is 0.277 e. The van der Waals surface area contributed by atoms with Crippen LogP contribution in [0, 0.1) is 5.92 Å². The minimum Gasteiger partial charge on any atom is -0.456 e. The van der Waals surface area contributed by atoms with Gasteiger partial charge in [-0.05, 0) is 34.7 Å². The molecule has 1 unspecified atom stereocenters. The van der Waals surface area contributed by atoms with E-state index in [0.29, 0.717) is 29.1 Å². The summed E-state index contributed by atoms with van der Waals surface area (Å²) in [6, 6.07) is 15.3. The summed E-state index contributed by atoms with van der Waals surface area (Å²) in [5, 5.41) is 17.8. The third-order valence-electron chi connectivity index (χ3n) is 4.80. The van der Waals surface area contributed by atoms with E-state index >= 15 is 0 Å². The summed E-state index contributed by atoms with van der Waals surface area (Å²) >= 11 is 0. The van der Waals surface area contributed by atoms with Crippen LogP contribution in [0.1, 0.15) is 37.0 Å². The first-order chi connectivity index (χ1) is 13.0. The monoisotopic (exact) mass is 362 g/mol. The van der Waals surface area contributed by atoms with Crippen molar-refractivity contribution in [1.82, 2.24) is 9.78 Å². The molecule has 1 N–H and O–H groups in total. The predicted molar refractivity (Wildman–Crippen MR) is 106 cm³/mol. The van der Waals surface area contributed by atoms with E-state index < -0.39 is 6.10 Å². The largest absolute Gasteiger partial charge is 0.456 e. The van der Waals surface area contributed by atoms with Gasteiger partial charge in [-0.25, -0.2) is 4.68 Å². The number of aliphatic hydroxyl groups is 1. The minimum absolute atomic E-state index is 0.224. The highest BCUT2D eigenvalue weighted by molar-refractivity contribution is 5.86. The number of hydrogen-bond acceptors (Lipinski definition) is 4. The molecule has 5 heteroatoms. The molecule has 0 radical (unpaired) electrons. The second-order valence-corrected chi connectivity index (χ2v) is 7.34. The lowest BCUT2D eigenvalue weighted by Gasteiger charge is -2.11. The molecule has 4 rings (SSSR count). The van der Waals surface area contributed by atoms with E-state index in [9.17, 15) is 9.90 Å². The second kappa shape index (κ2) is 6.67. The van der Waals surface area contributed by atoms with Crippen molar-refractivity contribution in [3.8, 4) is 0 Å². The lowest BCUT2D eigenvalue weighted by Crippen LogP contribution is -2.21. The smallest absolute Gasteiger partial charge is 0.277 e. The van der Waals surface area contributed by atoms with Crippen molar-refractivity contribution >= 4 is 21.7 Å². The van der Waals surface area contributed by atoms with E-state index in [1.807, 2.05) is 42.5 Å². The topological polar surface area (TPSA) is 68.3 Å². The van der Waals surface area contributed by atoms with Gasteiger partial charge in [0.15, 0.2) is 5.58 Å². The van der Waals surface area contributed by atoms with Crippen LogP contribution >= 0.6 is 0 Å². The Labute approximate surface area is 156 Å². The number of aryl methyl sites for hydroxylation is 1. The fourth-order valence-corrected chi connectivity index (χ4v) is 3.53. The third kappa shape index (κ3) is 3.04. The fraction of sp³-hybridized carbons (Fsp3) is 0.273. The van der Waals surface area contributed by atoms with E-state index in [-0.39, 0.29) is 5.56 Å². The summed E-state index contributed by atoms with van der Waals surface area (Å²) in [6.07, 6.45) is -0.262. The zero-order chi connectivity index (χ0) is 19.1. The van der Waals surface area contributed by atoms with Crippen LogP contribution in [-0.4, -0.2) is 14.9 Å². The minimum atomic E-state index is -0.958. The molecule has 2 aromatic carbocycles. The maximum absolute atomic E-state index is 12.5. The standard InChI is InChI=1S/C22H22N2O3/c1-13(2)11-18-21-17(22(26)24(3)23-18)12-19(27-21)20(25)16-10-6-8-14-7-4-5-9-15(14)16/h4-10,12-13,20,25H,11H2,1-3H3. The molecular formula is C22H22N2O3. The number of furan rings is 1. The highest BCUT2D eigenvalue weighted by Gasteiger charge is 2.22. The Morgan fingerprint density at radius 1 is 1.11 bits per heavy atom. The quantitative estimate of drug-likeness (QED) is 0.597. The lowest BCUT2D eigenvalue weighted by atomic mass is 9.99. The highest BCUT2D eigenvalue weighted by Crippen LogP contribution is 2.32. The SMILES string of the molecule is CC(C)Cc1nn(C)c(=O)c2cc(C(O)c3cccc4ccccc34)oc12. The van der Waals surface area contributed by atoms with Gasteiger partial charge in [0.1, 0.15) is 17.6 Å². The molecule has 0 spiro atoms. The van der Waals surface area contributed by atoms with Crippen LogP contribution < -0.4 is 5.56 Å². The van der Waals surface area contributed by atoms with Gasteiger partial charge in [-0.3, -0.25) is 4.79 Å². The number of rotatable bonds is 4. The van der Waals surface area contributed by atoms with Gasteiger partial charge in [0, 0.05) is 7.05 Å². The molecular weight excluding hydrogens is 340 g/mol. The average molecular weight is 362 g/mol. The Hall–Kier alpha value is -2.92. The van der Waals surface area contributed by atoms with Crippen LogP contribution in [-0.2, 0) is 13.5 Å². The van der Waals surface area contributed by atoms with Gasteiger partial charge in [-0.15, -0.1) is 0 Å². The molecule has 4 aromatic rings. The summed E-state index contributed by atoms with van der Waals surface area (Å²) in [6.45, 7) is 4.18. The van der Waals surface area contributed by atoms with Gasteiger partial charge >= 0.3 is 0 Å². The van der Waals surface area contributed by atoms with Crippen molar-refractivity contribution in [2.75, 3.05) is 0 Å². The average Bonchev–Trinajstić information content (AvgIpc) is 3.10. The van der Waals surface area contributed by atoms with Gasteiger partial charge in [0.05, 0.1) is 5.39 Å². The predicted octanol–water partition coefficient (Wildman–Crippen LogP) is 3.96. The first-order valence-corrected chi connectivity index (χ1v) is 9.11. The molecule has 0 aliphatic heterocycles. The number of benzene rings is 2.